The Morgan fingerprint density at radius 1 is 0.652 bits per heavy atom. The predicted octanol–water partition coefficient (Wildman–Crippen LogP) is 6.00. The van der Waals surface area contributed by atoms with Crippen LogP contribution in [0.1, 0.15) is 35.4 Å². The number of hydrogen-bond donors (Lipinski definition) is 0. The topological polar surface area (TPSA) is 0 Å². The van der Waals surface area contributed by atoms with E-state index in [-0.39, 0.29) is 0 Å². The molecule has 122 valence electrons. The summed E-state index contributed by atoms with van der Waals surface area (Å²) in [5.41, 5.74) is 0. The first-order chi connectivity index (χ1) is 11.3. The molecule has 0 N–H and O–H groups in total. The van der Waals surface area contributed by atoms with E-state index in [2.05, 4.69) is 34.8 Å². The summed E-state index contributed by atoms with van der Waals surface area (Å²) in [5.74, 6) is 8.71. The minimum atomic E-state index is 0.699. The first-order valence-electron chi connectivity index (χ1n) is 8.57. The molecule has 2 aliphatic heterocycles. The molecular formula is C18H22S5+2. The van der Waals surface area contributed by atoms with Gasteiger partial charge in [-0.05, 0) is 59.6 Å². The van der Waals surface area contributed by atoms with E-state index in [9.17, 15) is 0 Å². The normalized spacial score (nSPS) is 20.5. The van der Waals surface area contributed by atoms with Crippen molar-refractivity contribution < 1.29 is 0 Å². The van der Waals surface area contributed by atoms with Crippen LogP contribution in [0.15, 0.2) is 12.1 Å². The van der Waals surface area contributed by atoms with Crippen LogP contribution in [0.2, 0.25) is 0 Å². The highest BCUT2D eigenvalue weighted by Crippen LogP contribution is 2.44. The van der Waals surface area contributed by atoms with E-state index in [1.165, 1.54) is 60.2 Å². The van der Waals surface area contributed by atoms with E-state index in [1.807, 2.05) is 11.3 Å². The molecule has 0 amide bonds. The molecule has 0 aromatic carbocycles. The van der Waals surface area contributed by atoms with Gasteiger partial charge in [-0.3, -0.25) is 0 Å². The molecule has 3 aromatic rings. The minimum Gasteiger partial charge on any atom is -0.133 e. The third-order valence-corrected chi connectivity index (χ3v) is 13.9. The summed E-state index contributed by atoms with van der Waals surface area (Å²) in [4.78, 5) is 3.32. The third kappa shape index (κ3) is 3.12. The summed E-state index contributed by atoms with van der Waals surface area (Å²) in [7, 11) is 1.40. The maximum absolute atomic E-state index is 2.51. The molecule has 0 nitrogen and oxygen atoms in total. The average molecular weight is 399 g/mol. The highest BCUT2D eigenvalue weighted by atomic mass is 32.2. The number of thiophene rings is 3. The molecular weight excluding hydrogens is 377 g/mol. The second-order valence-electron chi connectivity index (χ2n) is 6.66. The number of rotatable bonds is 4. The Morgan fingerprint density at radius 2 is 1.09 bits per heavy atom. The van der Waals surface area contributed by atoms with E-state index in [0.29, 0.717) is 21.8 Å². The molecule has 5 rings (SSSR count). The van der Waals surface area contributed by atoms with E-state index < -0.39 is 0 Å². The number of fused-ring (bicyclic) bond motifs is 3. The fraction of sp³-hybridized carbons (Fsp3) is 0.556. The van der Waals surface area contributed by atoms with Crippen LogP contribution in [0.3, 0.4) is 0 Å². The zero-order valence-electron chi connectivity index (χ0n) is 13.3. The largest absolute Gasteiger partial charge is 0.142 e. The van der Waals surface area contributed by atoms with Crippen molar-refractivity contribution in [2.45, 2.75) is 37.2 Å². The summed E-state index contributed by atoms with van der Waals surface area (Å²) in [6.07, 6.45) is 5.90. The predicted molar refractivity (Wildman–Crippen MR) is 115 cm³/mol. The first kappa shape index (κ1) is 15.6. The molecule has 0 bridgehead atoms. The standard InChI is InChI=1S/C18H22S5/c1-2-6-22(5-1)11-13-9-15-17(19-13)18-16(21-15)10-14(20-18)12-23-7-3-4-8-23/h9-10H,1-8,11-12H2/q+2. The molecule has 0 unspecified atom stereocenters. The highest BCUT2D eigenvalue weighted by Gasteiger charge is 2.27. The highest BCUT2D eigenvalue weighted by molar-refractivity contribution is 7.96. The van der Waals surface area contributed by atoms with Crippen molar-refractivity contribution in [3.8, 4) is 0 Å². The van der Waals surface area contributed by atoms with Gasteiger partial charge in [-0.25, -0.2) is 0 Å². The molecule has 2 fully saturated rings. The van der Waals surface area contributed by atoms with Crippen LogP contribution in [-0.2, 0) is 33.3 Å². The fourth-order valence-electron chi connectivity index (χ4n) is 3.69. The Kier molecular flexibility index (Phi) is 4.44. The van der Waals surface area contributed by atoms with Gasteiger partial charge in [0.1, 0.15) is 34.5 Å². The van der Waals surface area contributed by atoms with Gasteiger partial charge in [0, 0.05) is 9.40 Å². The van der Waals surface area contributed by atoms with Crippen molar-refractivity contribution in [3.63, 3.8) is 0 Å². The van der Waals surface area contributed by atoms with Crippen LogP contribution < -0.4 is 0 Å². The molecule has 2 saturated heterocycles. The van der Waals surface area contributed by atoms with Crippen molar-refractivity contribution in [1.29, 1.82) is 0 Å². The van der Waals surface area contributed by atoms with Crippen molar-refractivity contribution in [2.75, 3.05) is 23.0 Å². The van der Waals surface area contributed by atoms with Crippen molar-refractivity contribution in [2.24, 2.45) is 0 Å². The summed E-state index contributed by atoms with van der Waals surface area (Å²) in [6, 6.07) is 5.03. The lowest BCUT2D eigenvalue weighted by Crippen LogP contribution is -2.05. The molecule has 0 saturated carbocycles. The van der Waals surface area contributed by atoms with Gasteiger partial charge in [-0.1, -0.05) is 0 Å². The summed E-state index contributed by atoms with van der Waals surface area (Å²) < 4.78 is 6.33. The lowest BCUT2D eigenvalue weighted by atomic mass is 10.4. The van der Waals surface area contributed by atoms with Gasteiger partial charge in [0.2, 0.25) is 0 Å². The van der Waals surface area contributed by atoms with Gasteiger partial charge < -0.3 is 0 Å². The van der Waals surface area contributed by atoms with Crippen LogP contribution in [0.25, 0.3) is 18.8 Å². The van der Waals surface area contributed by atoms with Crippen LogP contribution in [0.5, 0.6) is 0 Å². The molecule has 0 atom stereocenters. The Labute approximate surface area is 156 Å². The summed E-state index contributed by atoms with van der Waals surface area (Å²) in [5, 5.41) is 0. The van der Waals surface area contributed by atoms with E-state index in [4.69, 9.17) is 0 Å². The molecule has 0 radical (unpaired) electrons. The molecule has 5 heterocycles. The fourth-order valence-corrected chi connectivity index (χ4v) is 13.2. The zero-order chi connectivity index (χ0) is 15.2. The van der Waals surface area contributed by atoms with E-state index in [1.54, 1.807) is 28.6 Å². The lowest BCUT2D eigenvalue weighted by Gasteiger charge is -1.96. The van der Waals surface area contributed by atoms with Crippen LogP contribution >= 0.6 is 34.0 Å². The molecule has 0 spiro atoms. The van der Waals surface area contributed by atoms with Crippen molar-refractivity contribution >= 4 is 74.6 Å². The van der Waals surface area contributed by atoms with Gasteiger partial charge in [0.15, 0.2) is 0 Å². The van der Waals surface area contributed by atoms with Gasteiger partial charge in [0.25, 0.3) is 0 Å². The van der Waals surface area contributed by atoms with Crippen molar-refractivity contribution in [1.82, 2.24) is 0 Å². The first-order valence-corrected chi connectivity index (χ1v) is 14.5. The summed E-state index contributed by atoms with van der Waals surface area (Å²) in [6.45, 7) is 0. The maximum Gasteiger partial charge on any atom is 0.142 e. The third-order valence-electron chi connectivity index (χ3n) is 4.85. The van der Waals surface area contributed by atoms with Crippen LogP contribution in [-0.4, -0.2) is 23.0 Å². The van der Waals surface area contributed by atoms with Crippen molar-refractivity contribution in [3.05, 3.63) is 21.9 Å². The molecule has 23 heavy (non-hydrogen) atoms. The second-order valence-corrected chi connectivity index (χ2v) is 14.7. The van der Waals surface area contributed by atoms with E-state index in [0.717, 1.165) is 0 Å². The number of hydrogen-bond acceptors (Lipinski definition) is 3. The zero-order valence-corrected chi connectivity index (χ0v) is 17.3. The Bertz CT molecular complexity index is 744. The quantitative estimate of drug-likeness (QED) is 0.473. The Morgan fingerprint density at radius 3 is 1.52 bits per heavy atom. The van der Waals surface area contributed by atoms with Gasteiger partial charge in [-0.2, -0.15) is 0 Å². The van der Waals surface area contributed by atoms with E-state index >= 15 is 0 Å². The molecule has 2 aliphatic rings. The second kappa shape index (κ2) is 6.56. The monoisotopic (exact) mass is 398 g/mol. The van der Waals surface area contributed by atoms with Gasteiger partial charge in [-0.15, -0.1) is 34.0 Å². The Hall–Kier alpha value is 0.320. The van der Waals surface area contributed by atoms with Crippen LogP contribution in [0, 0.1) is 0 Å². The summed E-state index contributed by atoms with van der Waals surface area (Å²) >= 11 is 6.26. The maximum atomic E-state index is 2.51. The molecule has 3 aromatic heterocycles. The molecule has 5 heteroatoms. The minimum absolute atomic E-state index is 0.699. The van der Waals surface area contributed by atoms with Gasteiger partial charge >= 0.3 is 0 Å². The average Bonchev–Trinajstić information content (AvgIpc) is 3.28. The smallest absolute Gasteiger partial charge is 0.133 e. The molecule has 0 aliphatic carbocycles. The Balaban J connectivity index is 1.41. The SMILES string of the molecule is c1c(C[S+]2CCCC2)sc2c1sc1cc(C[S+]3CCCC3)sc12. The van der Waals surface area contributed by atoms with Gasteiger partial charge in [0.05, 0.1) is 19.2 Å². The lowest BCUT2D eigenvalue weighted by molar-refractivity contribution is 0.949. The van der Waals surface area contributed by atoms with Crippen LogP contribution in [0.4, 0.5) is 0 Å².